The summed E-state index contributed by atoms with van der Waals surface area (Å²) >= 11 is 0. The van der Waals surface area contributed by atoms with Gasteiger partial charge in [0.15, 0.2) is 17.2 Å². The summed E-state index contributed by atoms with van der Waals surface area (Å²) < 4.78 is 38.9. The van der Waals surface area contributed by atoms with Gasteiger partial charge in [-0.1, -0.05) is 30.3 Å². The highest BCUT2D eigenvalue weighted by atomic mass is 19.2. The lowest BCUT2D eigenvalue weighted by Crippen LogP contribution is -2.27. The predicted molar refractivity (Wildman–Crippen MR) is 152 cm³/mol. The van der Waals surface area contributed by atoms with Crippen molar-refractivity contribution in [3.63, 3.8) is 0 Å². The number of ether oxygens (including phenoxy) is 1. The molecule has 0 spiro atoms. The van der Waals surface area contributed by atoms with Crippen LogP contribution < -0.4 is 16.0 Å². The highest BCUT2D eigenvalue weighted by molar-refractivity contribution is 5.98. The number of para-hydroxylation sites is 2. The summed E-state index contributed by atoms with van der Waals surface area (Å²) in [7, 11) is 0. The number of anilines is 1. The number of nitrogen functional groups attached to an aromatic ring is 1. The van der Waals surface area contributed by atoms with Crippen LogP contribution in [0.5, 0.6) is 5.75 Å². The average molecular weight is 554 g/mol. The van der Waals surface area contributed by atoms with Gasteiger partial charge in [0.05, 0.1) is 28.1 Å². The maximum atomic E-state index is 15.5. The summed E-state index contributed by atoms with van der Waals surface area (Å²) in [5, 5.41) is 5.36. The van der Waals surface area contributed by atoms with Crippen molar-refractivity contribution < 1.29 is 13.5 Å². The van der Waals surface area contributed by atoms with Crippen molar-refractivity contribution >= 4 is 27.8 Å². The van der Waals surface area contributed by atoms with Crippen LogP contribution in [-0.2, 0) is 0 Å². The molecule has 0 radical (unpaired) electrons. The van der Waals surface area contributed by atoms with Crippen LogP contribution in [0.2, 0.25) is 0 Å². The largest absolute Gasteiger partial charge is 0.488 e. The van der Waals surface area contributed by atoms with Crippen molar-refractivity contribution in [1.29, 1.82) is 0 Å². The van der Waals surface area contributed by atoms with E-state index in [0.717, 1.165) is 0 Å². The van der Waals surface area contributed by atoms with Crippen LogP contribution in [0, 0.1) is 11.6 Å². The van der Waals surface area contributed by atoms with Gasteiger partial charge in [-0.05, 0) is 57.2 Å². The lowest BCUT2D eigenvalue weighted by atomic mass is 10.1. The number of aromatic nitrogens is 6. The zero-order valence-electron chi connectivity index (χ0n) is 22.4. The molecule has 9 nitrogen and oxygen atoms in total. The number of rotatable bonds is 6. The molecule has 2 N–H and O–H groups in total. The third-order valence-corrected chi connectivity index (χ3v) is 6.74. The first kappa shape index (κ1) is 26.1. The highest BCUT2D eigenvalue weighted by Gasteiger charge is 2.27. The Bertz CT molecular complexity index is 1990. The number of hydrogen-bond donors (Lipinski definition) is 1. The minimum absolute atomic E-state index is 0.0395. The number of nitrogens with two attached hydrogens (primary N) is 1. The Balaban J connectivity index is 1.60. The van der Waals surface area contributed by atoms with Gasteiger partial charge >= 0.3 is 0 Å². The molecule has 3 aromatic carbocycles. The third-order valence-electron chi connectivity index (χ3n) is 6.74. The number of nitrogens with zero attached hydrogens (tertiary/aromatic N) is 6. The van der Waals surface area contributed by atoms with Crippen molar-refractivity contribution in [2.24, 2.45) is 0 Å². The Morgan fingerprint density at radius 2 is 1.63 bits per heavy atom. The van der Waals surface area contributed by atoms with Crippen LogP contribution in [-0.4, -0.2) is 35.4 Å². The first-order valence-electron chi connectivity index (χ1n) is 13.0. The maximum absolute atomic E-state index is 15.5. The minimum atomic E-state index is -1.14. The topological polar surface area (TPSA) is 114 Å². The molecule has 41 heavy (non-hydrogen) atoms. The fourth-order valence-corrected chi connectivity index (χ4v) is 4.88. The van der Waals surface area contributed by atoms with E-state index in [1.54, 1.807) is 57.2 Å². The molecule has 0 saturated carbocycles. The Hall–Kier alpha value is -5.19. The lowest BCUT2D eigenvalue weighted by Gasteiger charge is -2.19. The predicted octanol–water partition coefficient (Wildman–Crippen LogP) is 5.45. The molecule has 0 fully saturated rings. The summed E-state index contributed by atoms with van der Waals surface area (Å²) in [6.07, 6.45) is 0.914. The number of hydrogen-bond acceptors (Lipinski definition) is 7. The van der Waals surface area contributed by atoms with Gasteiger partial charge in [-0.25, -0.2) is 24.0 Å². The van der Waals surface area contributed by atoms with Gasteiger partial charge in [0, 0.05) is 5.56 Å². The molecule has 6 rings (SSSR count). The van der Waals surface area contributed by atoms with Gasteiger partial charge in [-0.3, -0.25) is 9.36 Å². The molecule has 0 saturated heterocycles. The molecular weight excluding hydrogens is 528 g/mol. The minimum Gasteiger partial charge on any atom is -0.488 e. The SMILES string of the molecule is CC(C)Oc1ccc(-c2nn(C(C)c3nc4ccccc4c(=O)n3-c3ccccc3)c3ncnc(N)c23)c(F)c1F. The monoisotopic (exact) mass is 553 g/mol. The van der Waals surface area contributed by atoms with E-state index in [1.165, 1.54) is 27.7 Å². The van der Waals surface area contributed by atoms with Crippen molar-refractivity contribution in [2.75, 3.05) is 5.73 Å². The molecule has 206 valence electrons. The second-order valence-electron chi connectivity index (χ2n) is 9.80. The van der Waals surface area contributed by atoms with Crippen LogP contribution in [0.25, 0.3) is 38.9 Å². The van der Waals surface area contributed by atoms with Gasteiger partial charge in [0.25, 0.3) is 5.56 Å². The smallest absolute Gasteiger partial charge is 0.266 e. The summed E-state index contributed by atoms with van der Waals surface area (Å²) in [6.45, 7) is 5.23. The summed E-state index contributed by atoms with van der Waals surface area (Å²) in [6, 6.07) is 18.2. The molecule has 1 atom stereocenters. The molecule has 0 amide bonds. The molecule has 1 unspecified atom stereocenters. The maximum Gasteiger partial charge on any atom is 0.266 e. The zero-order chi connectivity index (χ0) is 28.8. The Morgan fingerprint density at radius 1 is 0.902 bits per heavy atom. The van der Waals surface area contributed by atoms with Crippen LogP contribution in [0.4, 0.5) is 14.6 Å². The number of fused-ring (bicyclic) bond motifs is 2. The Morgan fingerprint density at radius 3 is 2.39 bits per heavy atom. The van der Waals surface area contributed by atoms with Crippen LogP contribution >= 0.6 is 0 Å². The summed E-state index contributed by atoms with van der Waals surface area (Å²) in [4.78, 5) is 27.1. The van der Waals surface area contributed by atoms with E-state index >= 15 is 8.78 Å². The molecule has 3 heterocycles. The second kappa shape index (κ2) is 10.1. The fourth-order valence-electron chi connectivity index (χ4n) is 4.88. The van der Waals surface area contributed by atoms with Gasteiger partial charge in [0.2, 0.25) is 5.82 Å². The van der Waals surface area contributed by atoms with Gasteiger partial charge < -0.3 is 10.5 Å². The van der Waals surface area contributed by atoms with Gasteiger partial charge in [0.1, 0.15) is 29.7 Å². The molecule has 3 aromatic heterocycles. The zero-order valence-corrected chi connectivity index (χ0v) is 22.4. The second-order valence-corrected chi connectivity index (χ2v) is 9.80. The van der Waals surface area contributed by atoms with Crippen molar-refractivity contribution in [3.05, 3.63) is 101 Å². The summed E-state index contributed by atoms with van der Waals surface area (Å²) in [5.41, 5.74) is 7.27. The molecular formula is C30H25F2N7O2. The normalized spacial score (nSPS) is 12.3. The van der Waals surface area contributed by atoms with E-state index in [-0.39, 0.29) is 45.5 Å². The van der Waals surface area contributed by atoms with E-state index < -0.39 is 17.7 Å². The third kappa shape index (κ3) is 4.35. The molecule has 0 bridgehead atoms. The quantitative estimate of drug-likeness (QED) is 0.292. The van der Waals surface area contributed by atoms with Crippen molar-refractivity contribution in [2.45, 2.75) is 32.9 Å². The number of halogens is 2. The van der Waals surface area contributed by atoms with E-state index in [2.05, 4.69) is 15.1 Å². The van der Waals surface area contributed by atoms with Crippen LogP contribution in [0.3, 0.4) is 0 Å². The standard InChI is InChI=1S/C30H25F2N7O2/c1-16(2)41-22-14-13-20(24(31)25(22)32)26-23-27(33)34-15-35-29(23)39(37-26)17(3)28-36-21-12-8-7-11-19(21)30(40)38(28)18-9-5-4-6-10-18/h4-17H,1-3H3,(H2,33,34,35). The van der Waals surface area contributed by atoms with Crippen LogP contribution in [0.15, 0.2) is 77.9 Å². The van der Waals surface area contributed by atoms with Gasteiger partial charge in [-0.15, -0.1) is 0 Å². The first-order valence-corrected chi connectivity index (χ1v) is 13.0. The molecule has 0 aliphatic rings. The Kier molecular flexibility index (Phi) is 6.41. The molecule has 0 aliphatic heterocycles. The first-order chi connectivity index (χ1) is 19.8. The van der Waals surface area contributed by atoms with E-state index in [9.17, 15) is 4.79 Å². The average Bonchev–Trinajstić information content (AvgIpc) is 3.36. The highest BCUT2D eigenvalue weighted by Crippen LogP contribution is 2.37. The Labute approximate surface area is 232 Å². The lowest BCUT2D eigenvalue weighted by molar-refractivity contribution is 0.228. The van der Waals surface area contributed by atoms with Gasteiger partial charge in [-0.2, -0.15) is 9.49 Å². The molecule has 6 aromatic rings. The van der Waals surface area contributed by atoms with Crippen molar-refractivity contribution in [1.82, 2.24) is 29.3 Å². The summed E-state index contributed by atoms with van der Waals surface area (Å²) in [5.74, 6) is -2.10. The van der Waals surface area contributed by atoms with Crippen LogP contribution in [0.1, 0.15) is 32.6 Å². The number of benzene rings is 3. The van der Waals surface area contributed by atoms with E-state index in [0.29, 0.717) is 22.4 Å². The van der Waals surface area contributed by atoms with E-state index in [1.807, 2.05) is 18.2 Å². The molecule has 0 aliphatic carbocycles. The molecule has 11 heteroatoms. The fraction of sp³-hybridized carbons (Fsp3) is 0.167. The van der Waals surface area contributed by atoms with Crippen molar-refractivity contribution in [3.8, 4) is 22.7 Å². The van der Waals surface area contributed by atoms with E-state index in [4.69, 9.17) is 15.5 Å².